The number of ether oxygens (including phenoxy) is 1. The minimum atomic E-state index is -0.808. The maximum Gasteiger partial charge on any atom is 2.00 e. The van der Waals surface area contributed by atoms with Gasteiger partial charge < -0.3 is 19.1 Å². The molecule has 0 spiro atoms. The summed E-state index contributed by atoms with van der Waals surface area (Å²) in [6.45, 7) is 0. The Bertz CT molecular complexity index is 2640. The molecule has 0 radical (unpaired) electrons. The molecular formula is C42H24N4OPt. The third-order valence-electron chi connectivity index (χ3n) is 9.36. The van der Waals surface area contributed by atoms with Gasteiger partial charge in [0.1, 0.15) is 17.1 Å². The van der Waals surface area contributed by atoms with Gasteiger partial charge in [-0.05, 0) is 47.6 Å². The zero-order valence-electron chi connectivity index (χ0n) is 25.4. The molecular weight excluding hydrogens is 772 g/mol. The molecule has 0 aliphatic carbocycles. The van der Waals surface area contributed by atoms with E-state index < -0.39 is 5.41 Å². The average Bonchev–Trinajstić information content (AvgIpc) is 3.54. The van der Waals surface area contributed by atoms with Gasteiger partial charge in [0.2, 0.25) is 0 Å². The molecule has 228 valence electrons. The Morgan fingerprint density at radius 2 is 1.31 bits per heavy atom. The Kier molecular flexibility index (Phi) is 6.53. The summed E-state index contributed by atoms with van der Waals surface area (Å²) in [5.41, 5.74) is 9.71. The second kappa shape index (κ2) is 11.0. The van der Waals surface area contributed by atoms with Crippen molar-refractivity contribution in [1.82, 2.24) is 19.4 Å². The van der Waals surface area contributed by atoms with Gasteiger partial charge in [-0.1, -0.05) is 66.7 Å². The topological polar surface area (TPSA) is 52.3 Å². The van der Waals surface area contributed by atoms with E-state index in [0.29, 0.717) is 0 Å². The van der Waals surface area contributed by atoms with E-state index in [9.17, 15) is 0 Å². The Labute approximate surface area is 290 Å². The third kappa shape index (κ3) is 3.98. The van der Waals surface area contributed by atoms with Gasteiger partial charge in [0.25, 0.3) is 0 Å². The van der Waals surface area contributed by atoms with Crippen molar-refractivity contribution in [3.05, 3.63) is 180 Å². The molecule has 0 saturated heterocycles. The van der Waals surface area contributed by atoms with Crippen LogP contribution in [0.1, 0.15) is 22.3 Å². The van der Waals surface area contributed by atoms with Gasteiger partial charge in [-0.15, -0.1) is 64.5 Å². The fourth-order valence-corrected chi connectivity index (χ4v) is 7.39. The van der Waals surface area contributed by atoms with Crippen LogP contribution in [0.15, 0.2) is 146 Å². The van der Waals surface area contributed by atoms with Crippen molar-refractivity contribution in [1.29, 1.82) is 0 Å². The Hall–Kier alpha value is -5.64. The van der Waals surface area contributed by atoms with E-state index in [4.69, 9.17) is 14.7 Å². The number of fused-ring (bicyclic) bond motifs is 10. The molecule has 5 nitrogen and oxygen atoms in total. The van der Waals surface area contributed by atoms with Crippen molar-refractivity contribution in [3.63, 3.8) is 0 Å². The number of aromatic nitrogens is 4. The number of nitrogens with zero attached hydrogens (tertiary/aromatic N) is 4. The first kappa shape index (κ1) is 28.6. The zero-order valence-corrected chi connectivity index (χ0v) is 27.6. The number of benzene rings is 5. The van der Waals surface area contributed by atoms with Gasteiger partial charge in [-0.3, -0.25) is 0 Å². The Morgan fingerprint density at radius 1 is 0.583 bits per heavy atom. The third-order valence-corrected chi connectivity index (χ3v) is 9.36. The molecule has 9 aromatic rings. The minimum Gasteiger partial charge on any atom is -0.457 e. The fraction of sp³-hybridized carbons (Fsp3) is 0.0238. The predicted octanol–water partition coefficient (Wildman–Crippen LogP) is 9.34. The molecule has 6 heteroatoms. The Morgan fingerprint density at radius 3 is 2.12 bits per heavy atom. The summed E-state index contributed by atoms with van der Waals surface area (Å²) in [5, 5.41) is 1.91. The quantitative estimate of drug-likeness (QED) is 0.132. The van der Waals surface area contributed by atoms with Crippen molar-refractivity contribution >= 4 is 38.5 Å². The summed E-state index contributed by atoms with van der Waals surface area (Å²) in [6.07, 6.45) is 3.67. The van der Waals surface area contributed by atoms with E-state index in [0.717, 1.165) is 83.5 Å². The van der Waals surface area contributed by atoms with E-state index in [1.54, 1.807) is 0 Å². The van der Waals surface area contributed by atoms with Crippen LogP contribution in [0.2, 0.25) is 0 Å². The largest absolute Gasteiger partial charge is 2.00 e. The van der Waals surface area contributed by atoms with Crippen LogP contribution in [0, 0.1) is 12.1 Å². The maximum absolute atomic E-state index is 6.58. The van der Waals surface area contributed by atoms with Crippen LogP contribution in [0.5, 0.6) is 11.5 Å². The second-order valence-corrected chi connectivity index (χ2v) is 11.8. The molecule has 0 saturated carbocycles. The molecule has 1 aliphatic rings. The van der Waals surface area contributed by atoms with Crippen molar-refractivity contribution in [2.45, 2.75) is 5.41 Å². The van der Waals surface area contributed by atoms with E-state index in [1.165, 1.54) is 0 Å². The standard InChI is InChI=1S/C42H24N4O.Pt/c1-5-19-38-32(14-1)42(33-15-2-6-20-39(33)47-38,28-12-9-11-27(25-28)34-16-7-8-23-43-34)29-21-22-36-31(26-29)40-30(13-10-24-44-40)41-45-35-17-3-4-18-37(35)46(36)41;/h1-24H;/q-2;+2. The first-order valence-electron chi connectivity index (χ1n) is 15.6. The molecule has 0 unspecified atom stereocenters. The van der Waals surface area contributed by atoms with Crippen molar-refractivity contribution in [2.24, 2.45) is 0 Å². The van der Waals surface area contributed by atoms with Gasteiger partial charge in [0.05, 0.1) is 11.0 Å². The maximum atomic E-state index is 6.58. The molecule has 0 atom stereocenters. The van der Waals surface area contributed by atoms with E-state index >= 15 is 0 Å². The van der Waals surface area contributed by atoms with Gasteiger partial charge in [-0.2, -0.15) is 0 Å². The summed E-state index contributed by atoms with van der Waals surface area (Å²) in [4.78, 5) is 14.6. The van der Waals surface area contributed by atoms with Gasteiger partial charge >= 0.3 is 21.1 Å². The molecule has 4 aromatic heterocycles. The predicted molar refractivity (Wildman–Crippen MR) is 185 cm³/mol. The second-order valence-electron chi connectivity index (χ2n) is 11.8. The molecule has 5 heterocycles. The van der Waals surface area contributed by atoms with E-state index in [-0.39, 0.29) is 21.1 Å². The number of rotatable bonds is 3. The van der Waals surface area contributed by atoms with Crippen LogP contribution in [-0.4, -0.2) is 19.4 Å². The van der Waals surface area contributed by atoms with E-state index in [1.807, 2.05) is 67.0 Å². The van der Waals surface area contributed by atoms with Crippen LogP contribution < -0.4 is 4.74 Å². The van der Waals surface area contributed by atoms with Crippen molar-refractivity contribution < 1.29 is 25.8 Å². The normalized spacial score (nSPS) is 13.2. The fourth-order valence-electron chi connectivity index (χ4n) is 7.39. The first-order valence-corrected chi connectivity index (χ1v) is 15.6. The van der Waals surface area contributed by atoms with Crippen LogP contribution in [-0.2, 0) is 26.5 Å². The summed E-state index contributed by atoms with van der Waals surface area (Å²) < 4.78 is 8.82. The van der Waals surface area contributed by atoms with Crippen LogP contribution in [0.25, 0.3) is 49.7 Å². The van der Waals surface area contributed by atoms with Gasteiger partial charge in [0, 0.05) is 39.8 Å². The minimum absolute atomic E-state index is 0. The first-order chi connectivity index (χ1) is 23.3. The molecule has 48 heavy (non-hydrogen) atoms. The summed E-state index contributed by atoms with van der Waals surface area (Å²) >= 11 is 0. The van der Waals surface area contributed by atoms with Crippen LogP contribution in [0.4, 0.5) is 0 Å². The van der Waals surface area contributed by atoms with Crippen molar-refractivity contribution in [2.75, 3.05) is 0 Å². The molecule has 0 fully saturated rings. The number of para-hydroxylation sites is 4. The smallest absolute Gasteiger partial charge is 0.457 e. The molecule has 0 amide bonds. The monoisotopic (exact) mass is 795 g/mol. The number of hydrogen-bond donors (Lipinski definition) is 0. The molecule has 5 aromatic carbocycles. The Balaban J connectivity index is 0.00000314. The number of imidazole rings is 1. The van der Waals surface area contributed by atoms with Crippen molar-refractivity contribution in [3.8, 4) is 22.8 Å². The van der Waals surface area contributed by atoms with Crippen LogP contribution in [0.3, 0.4) is 0 Å². The summed E-state index contributed by atoms with van der Waals surface area (Å²) in [6, 6.07) is 53.4. The molecule has 0 bridgehead atoms. The molecule has 1 aliphatic heterocycles. The number of pyridine rings is 3. The van der Waals surface area contributed by atoms with Crippen LogP contribution >= 0.6 is 0 Å². The summed E-state index contributed by atoms with van der Waals surface area (Å²) in [5.74, 6) is 1.60. The molecule has 0 N–H and O–H groups in total. The zero-order chi connectivity index (χ0) is 31.0. The summed E-state index contributed by atoms with van der Waals surface area (Å²) in [7, 11) is 0. The van der Waals surface area contributed by atoms with E-state index in [2.05, 4.69) is 100 Å². The molecule has 10 rings (SSSR count). The number of hydrogen-bond acceptors (Lipinski definition) is 4. The average molecular weight is 796 g/mol. The van der Waals surface area contributed by atoms with Gasteiger partial charge in [-0.25, -0.2) is 4.98 Å². The van der Waals surface area contributed by atoms with Gasteiger partial charge in [0.15, 0.2) is 0 Å². The SMILES string of the molecule is [Pt+2].[c-]1c(-c2ccccn2)cccc1C1(c2[c-]c3c4ncccc4c4nc5ccccc5n4c3cc2)c2ccccc2Oc2ccccc21.